The van der Waals surface area contributed by atoms with Crippen molar-refractivity contribution < 1.29 is 19.0 Å². The Kier molecular flexibility index (Phi) is 24.3. The highest BCUT2D eigenvalue weighted by Crippen LogP contribution is 2.24. The van der Waals surface area contributed by atoms with Crippen LogP contribution >= 0.6 is 0 Å². The number of carbonyl (C=O) groups excluding carboxylic acids is 1. The zero-order valence-corrected chi connectivity index (χ0v) is 16.2. The van der Waals surface area contributed by atoms with E-state index in [1.54, 1.807) is 18.2 Å². The second-order valence-corrected chi connectivity index (χ2v) is 4.70. The molecule has 0 atom stereocenters. The van der Waals surface area contributed by atoms with Gasteiger partial charge in [0.25, 0.3) is 0 Å². The molecule has 1 N–H and O–H groups in total. The van der Waals surface area contributed by atoms with Crippen molar-refractivity contribution in [2.24, 2.45) is 5.41 Å². The van der Waals surface area contributed by atoms with Crippen molar-refractivity contribution in [1.82, 2.24) is 5.32 Å². The fourth-order valence-electron chi connectivity index (χ4n) is 1.44. The van der Waals surface area contributed by atoms with E-state index in [0.717, 1.165) is 6.42 Å². The van der Waals surface area contributed by atoms with Gasteiger partial charge in [0.1, 0.15) is 6.61 Å². The molecule has 1 amide bonds. The maximum Gasteiger partial charge on any atom is 0.406 e. The number of hydrogen-bond donors (Lipinski definition) is 1. The van der Waals surface area contributed by atoms with Crippen molar-refractivity contribution in [2.45, 2.75) is 34.1 Å². The standard InChI is InChI=1S/C14H25NO4.C3H6.C2H6/c1-5-8-17-10-14(7-3,11-18-9-6-2)12-19-13(16)15-4;1-3-2;1-2/h5-6H,1-2,7-12H2,3-4H3,(H,15,16);3H,1H2,2H3;1-2H3. The van der Waals surface area contributed by atoms with Crippen molar-refractivity contribution >= 4 is 6.09 Å². The van der Waals surface area contributed by atoms with Gasteiger partial charge in [-0.15, -0.1) is 19.7 Å². The first-order valence-corrected chi connectivity index (χ1v) is 8.34. The lowest BCUT2D eigenvalue weighted by Gasteiger charge is -2.31. The summed E-state index contributed by atoms with van der Waals surface area (Å²) in [5.74, 6) is 0. The van der Waals surface area contributed by atoms with Crippen LogP contribution in [0.5, 0.6) is 0 Å². The van der Waals surface area contributed by atoms with Crippen LogP contribution in [-0.4, -0.2) is 46.2 Å². The molecule has 0 bridgehead atoms. The summed E-state index contributed by atoms with van der Waals surface area (Å²) < 4.78 is 16.1. The first kappa shape index (κ1) is 27.3. The maximum atomic E-state index is 11.2. The fraction of sp³-hybridized carbons (Fsp3) is 0.632. The molecule has 0 aliphatic rings. The molecule has 0 unspecified atom stereocenters. The van der Waals surface area contributed by atoms with Crippen LogP contribution < -0.4 is 5.32 Å². The van der Waals surface area contributed by atoms with Gasteiger partial charge in [0.15, 0.2) is 0 Å². The number of ether oxygens (including phenoxy) is 3. The monoisotopic (exact) mass is 343 g/mol. The summed E-state index contributed by atoms with van der Waals surface area (Å²) >= 11 is 0. The topological polar surface area (TPSA) is 56.8 Å². The average molecular weight is 344 g/mol. The zero-order chi connectivity index (χ0) is 19.3. The largest absolute Gasteiger partial charge is 0.449 e. The van der Waals surface area contributed by atoms with Gasteiger partial charge < -0.3 is 19.5 Å². The summed E-state index contributed by atoms with van der Waals surface area (Å²) in [4.78, 5) is 11.2. The van der Waals surface area contributed by atoms with E-state index < -0.39 is 6.09 Å². The highest BCUT2D eigenvalue weighted by molar-refractivity contribution is 5.66. The van der Waals surface area contributed by atoms with Crippen LogP contribution in [0, 0.1) is 5.41 Å². The summed E-state index contributed by atoms with van der Waals surface area (Å²) in [6.07, 6.45) is 5.44. The molecule has 0 spiro atoms. The summed E-state index contributed by atoms with van der Waals surface area (Å²) in [6, 6.07) is 0. The third kappa shape index (κ3) is 16.8. The van der Waals surface area contributed by atoms with Crippen molar-refractivity contribution in [1.29, 1.82) is 0 Å². The average Bonchev–Trinajstić information content (AvgIpc) is 2.61. The molecular formula is C19H37NO4. The SMILES string of the molecule is C=CC.C=CCOCC(CC)(COCC=C)COC(=O)NC.CC. The Balaban J connectivity index is -0.000000786. The van der Waals surface area contributed by atoms with Crippen LogP contribution in [0.25, 0.3) is 0 Å². The maximum absolute atomic E-state index is 11.2. The summed E-state index contributed by atoms with van der Waals surface area (Å²) in [5.41, 5.74) is -0.349. The van der Waals surface area contributed by atoms with Crippen LogP contribution in [0.3, 0.4) is 0 Å². The van der Waals surface area contributed by atoms with E-state index >= 15 is 0 Å². The molecule has 0 rings (SSSR count). The van der Waals surface area contributed by atoms with Crippen LogP contribution in [0.4, 0.5) is 4.79 Å². The second kappa shape index (κ2) is 21.4. The molecule has 5 nitrogen and oxygen atoms in total. The lowest BCUT2D eigenvalue weighted by Crippen LogP contribution is -2.38. The Labute approximate surface area is 148 Å². The number of amides is 1. The van der Waals surface area contributed by atoms with Crippen molar-refractivity contribution in [3.05, 3.63) is 38.0 Å². The van der Waals surface area contributed by atoms with Gasteiger partial charge in [-0.05, 0) is 13.3 Å². The minimum Gasteiger partial charge on any atom is -0.449 e. The van der Waals surface area contributed by atoms with Crippen LogP contribution in [0.1, 0.15) is 34.1 Å². The van der Waals surface area contributed by atoms with Gasteiger partial charge in [-0.3, -0.25) is 0 Å². The highest BCUT2D eigenvalue weighted by atomic mass is 16.6. The summed E-state index contributed by atoms with van der Waals surface area (Å²) in [6.45, 7) is 20.5. The summed E-state index contributed by atoms with van der Waals surface area (Å²) in [7, 11) is 1.53. The normalized spacial score (nSPS) is 9.38. The number of rotatable bonds is 11. The number of alkyl carbamates (subject to hydrolysis) is 1. The molecule has 0 aliphatic heterocycles. The predicted octanol–water partition coefficient (Wildman–Crippen LogP) is 4.36. The van der Waals surface area contributed by atoms with Crippen LogP contribution in [-0.2, 0) is 14.2 Å². The molecule has 0 aromatic heterocycles. The minimum absolute atomic E-state index is 0.247. The minimum atomic E-state index is -0.453. The molecule has 142 valence electrons. The van der Waals surface area contributed by atoms with Crippen molar-refractivity contribution in [2.75, 3.05) is 40.1 Å². The van der Waals surface area contributed by atoms with E-state index in [4.69, 9.17) is 14.2 Å². The lowest BCUT2D eigenvalue weighted by atomic mass is 9.88. The first-order valence-electron chi connectivity index (χ1n) is 8.34. The molecule has 0 aromatic rings. The quantitative estimate of drug-likeness (QED) is 0.447. The number of hydrogen-bond acceptors (Lipinski definition) is 4. The Bertz CT molecular complexity index is 302. The van der Waals surface area contributed by atoms with E-state index in [2.05, 4.69) is 25.1 Å². The van der Waals surface area contributed by atoms with Crippen molar-refractivity contribution in [3.63, 3.8) is 0 Å². The Hall–Kier alpha value is -1.59. The Morgan fingerprint density at radius 2 is 1.46 bits per heavy atom. The van der Waals surface area contributed by atoms with Gasteiger partial charge in [0.05, 0.1) is 31.8 Å². The molecule has 0 aromatic carbocycles. The van der Waals surface area contributed by atoms with Gasteiger partial charge >= 0.3 is 6.09 Å². The molecule has 0 heterocycles. The zero-order valence-electron chi connectivity index (χ0n) is 16.2. The number of allylic oxidation sites excluding steroid dienone is 1. The Morgan fingerprint density at radius 1 is 1.04 bits per heavy atom. The van der Waals surface area contributed by atoms with E-state index in [1.807, 2.05) is 27.7 Å². The van der Waals surface area contributed by atoms with Crippen molar-refractivity contribution in [3.8, 4) is 0 Å². The van der Waals surface area contributed by atoms with Gasteiger partial charge in [-0.2, -0.15) is 0 Å². The van der Waals surface area contributed by atoms with Gasteiger partial charge in [-0.25, -0.2) is 4.79 Å². The molecule has 5 heteroatoms. The molecular weight excluding hydrogens is 306 g/mol. The fourth-order valence-corrected chi connectivity index (χ4v) is 1.44. The second-order valence-electron chi connectivity index (χ2n) is 4.70. The van der Waals surface area contributed by atoms with E-state index in [0.29, 0.717) is 26.4 Å². The highest BCUT2D eigenvalue weighted by Gasteiger charge is 2.31. The first-order chi connectivity index (χ1) is 11.6. The van der Waals surface area contributed by atoms with E-state index in [1.165, 1.54) is 7.05 Å². The van der Waals surface area contributed by atoms with Gasteiger partial charge in [-0.1, -0.05) is 39.0 Å². The van der Waals surface area contributed by atoms with Gasteiger partial charge in [0, 0.05) is 7.05 Å². The molecule has 0 radical (unpaired) electrons. The summed E-state index contributed by atoms with van der Waals surface area (Å²) in [5, 5.41) is 2.42. The third-order valence-electron chi connectivity index (χ3n) is 2.75. The Morgan fingerprint density at radius 3 is 1.75 bits per heavy atom. The smallest absolute Gasteiger partial charge is 0.406 e. The third-order valence-corrected chi connectivity index (χ3v) is 2.75. The number of carbonyl (C=O) groups is 1. The molecule has 0 saturated carbocycles. The van der Waals surface area contributed by atoms with Crippen LogP contribution in [0.2, 0.25) is 0 Å². The number of nitrogens with one attached hydrogen (secondary N) is 1. The van der Waals surface area contributed by atoms with Gasteiger partial charge in [0.2, 0.25) is 0 Å². The predicted molar refractivity (Wildman–Crippen MR) is 102 cm³/mol. The molecule has 0 saturated heterocycles. The molecule has 24 heavy (non-hydrogen) atoms. The molecule has 0 aliphatic carbocycles. The molecule has 0 fully saturated rings. The van der Waals surface area contributed by atoms with E-state index in [-0.39, 0.29) is 12.0 Å². The lowest BCUT2D eigenvalue weighted by molar-refractivity contribution is -0.0458. The van der Waals surface area contributed by atoms with Crippen LogP contribution in [0.15, 0.2) is 38.0 Å². The van der Waals surface area contributed by atoms with E-state index in [9.17, 15) is 4.79 Å².